The minimum atomic E-state index is -3.87. The van der Waals surface area contributed by atoms with Crippen molar-refractivity contribution in [3.63, 3.8) is 0 Å². The minimum absolute atomic E-state index is 0.110. The van der Waals surface area contributed by atoms with Crippen LogP contribution < -0.4 is 23.3 Å². The van der Waals surface area contributed by atoms with E-state index in [0.717, 1.165) is 0 Å². The molecule has 0 radical (unpaired) electrons. The van der Waals surface area contributed by atoms with Crippen LogP contribution >= 0.6 is 0 Å². The van der Waals surface area contributed by atoms with Crippen LogP contribution in [0.15, 0.2) is 77.7 Å². The lowest BCUT2D eigenvalue weighted by atomic mass is 10.3. The van der Waals surface area contributed by atoms with Gasteiger partial charge in [-0.25, -0.2) is 8.42 Å². The fourth-order valence-electron chi connectivity index (χ4n) is 3.27. The second-order valence-electron chi connectivity index (χ2n) is 6.72. The summed E-state index contributed by atoms with van der Waals surface area (Å²) in [6.07, 6.45) is 0. The van der Waals surface area contributed by atoms with Crippen LogP contribution in [0, 0.1) is 0 Å². The number of sulfonamides is 1. The number of nitrogens with zero attached hydrogens (tertiary/aromatic N) is 1. The van der Waals surface area contributed by atoms with E-state index in [9.17, 15) is 8.42 Å². The van der Waals surface area contributed by atoms with Crippen LogP contribution in [-0.4, -0.2) is 41.9 Å². The first-order valence-electron chi connectivity index (χ1n) is 9.83. The van der Waals surface area contributed by atoms with Gasteiger partial charge in [-0.1, -0.05) is 30.3 Å². The molecule has 0 N–H and O–H groups in total. The number of anilines is 1. The molecule has 1 heterocycles. The van der Waals surface area contributed by atoms with Gasteiger partial charge in [0.2, 0.25) is 0 Å². The molecule has 0 saturated carbocycles. The molecule has 0 spiro atoms. The molecule has 1 aliphatic rings. The fraction of sp³-hybridized carbons (Fsp3) is 0.217. The maximum atomic E-state index is 13.5. The Bertz CT molecular complexity index is 1130. The summed E-state index contributed by atoms with van der Waals surface area (Å²) in [7, 11) is -2.31. The van der Waals surface area contributed by atoms with Gasteiger partial charge in [0.15, 0.2) is 23.0 Å². The molecule has 0 bridgehead atoms. The summed E-state index contributed by atoms with van der Waals surface area (Å²) in [6, 6.07) is 20.8. The highest BCUT2D eigenvalue weighted by atomic mass is 32.2. The predicted octanol–water partition coefficient (Wildman–Crippen LogP) is 3.74. The minimum Gasteiger partial charge on any atom is -0.493 e. The van der Waals surface area contributed by atoms with Crippen LogP contribution in [0.5, 0.6) is 23.0 Å². The molecule has 162 valence electrons. The molecule has 0 fully saturated rings. The topological polar surface area (TPSA) is 74.3 Å². The van der Waals surface area contributed by atoms with Gasteiger partial charge >= 0.3 is 0 Å². The normalized spacial score (nSPS) is 12.8. The van der Waals surface area contributed by atoms with Gasteiger partial charge in [-0.05, 0) is 36.4 Å². The zero-order valence-electron chi connectivity index (χ0n) is 17.1. The quantitative estimate of drug-likeness (QED) is 0.530. The zero-order chi connectivity index (χ0) is 21.7. The number of rotatable bonds is 8. The lowest BCUT2D eigenvalue weighted by Gasteiger charge is -2.26. The van der Waals surface area contributed by atoms with E-state index < -0.39 is 10.0 Å². The van der Waals surface area contributed by atoms with Crippen molar-refractivity contribution in [1.29, 1.82) is 0 Å². The van der Waals surface area contributed by atoms with Crippen LogP contribution in [0.25, 0.3) is 0 Å². The average molecular weight is 442 g/mol. The molecule has 4 rings (SSSR count). The van der Waals surface area contributed by atoms with Crippen LogP contribution in [0.3, 0.4) is 0 Å². The summed E-state index contributed by atoms with van der Waals surface area (Å²) in [5.41, 5.74) is 0.543. The molecule has 0 amide bonds. The van der Waals surface area contributed by atoms with Crippen molar-refractivity contribution in [2.45, 2.75) is 4.90 Å². The summed E-state index contributed by atoms with van der Waals surface area (Å²) in [5, 5.41) is 0. The molecule has 7 nitrogen and oxygen atoms in total. The highest BCUT2D eigenvalue weighted by Crippen LogP contribution is 2.34. The molecule has 8 heteroatoms. The van der Waals surface area contributed by atoms with E-state index in [0.29, 0.717) is 41.9 Å². The largest absolute Gasteiger partial charge is 0.493 e. The Labute approximate surface area is 181 Å². The Balaban J connectivity index is 1.60. The Morgan fingerprint density at radius 2 is 1.55 bits per heavy atom. The molecule has 0 aromatic heterocycles. The third kappa shape index (κ3) is 4.54. The number of hydrogen-bond acceptors (Lipinski definition) is 6. The summed E-state index contributed by atoms with van der Waals surface area (Å²) in [5.74, 6) is 2.10. The first kappa shape index (κ1) is 20.9. The van der Waals surface area contributed by atoms with E-state index in [2.05, 4.69) is 0 Å². The molecular formula is C23H23NO6S. The van der Waals surface area contributed by atoms with Gasteiger partial charge in [-0.3, -0.25) is 4.31 Å². The van der Waals surface area contributed by atoms with E-state index in [-0.39, 0.29) is 18.0 Å². The third-order valence-electron chi connectivity index (χ3n) is 4.77. The highest BCUT2D eigenvalue weighted by Gasteiger charge is 2.27. The summed E-state index contributed by atoms with van der Waals surface area (Å²) < 4.78 is 50.6. The maximum Gasteiger partial charge on any atom is 0.264 e. The summed E-state index contributed by atoms with van der Waals surface area (Å²) in [6.45, 7) is 1.07. The SMILES string of the molecule is COc1ccccc1OCCN(c1ccccc1)S(=O)(=O)c1ccc2c(c1)OCCO2. The fourth-order valence-corrected chi connectivity index (χ4v) is 4.73. The van der Waals surface area contributed by atoms with Gasteiger partial charge in [0.1, 0.15) is 19.8 Å². The molecule has 31 heavy (non-hydrogen) atoms. The van der Waals surface area contributed by atoms with Gasteiger partial charge in [-0.2, -0.15) is 0 Å². The number of methoxy groups -OCH3 is 1. The van der Waals surface area contributed by atoms with Gasteiger partial charge in [-0.15, -0.1) is 0 Å². The molecule has 0 atom stereocenters. The zero-order valence-corrected chi connectivity index (χ0v) is 17.9. The Morgan fingerprint density at radius 3 is 2.29 bits per heavy atom. The second-order valence-corrected chi connectivity index (χ2v) is 8.58. The lowest BCUT2D eigenvalue weighted by Crippen LogP contribution is -2.34. The molecular weight excluding hydrogens is 418 g/mol. The first-order valence-corrected chi connectivity index (χ1v) is 11.3. The van der Waals surface area contributed by atoms with E-state index in [1.807, 2.05) is 18.2 Å². The first-order chi connectivity index (χ1) is 15.1. The standard InChI is InChI=1S/C23H23NO6S/c1-27-20-9-5-6-10-21(20)28-14-13-24(18-7-3-2-4-8-18)31(25,26)19-11-12-22-23(17-19)30-16-15-29-22/h2-12,17H,13-16H2,1H3. The van der Waals surface area contributed by atoms with Gasteiger partial charge in [0, 0.05) is 6.07 Å². The summed E-state index contributed by atoms with van der Waals surface area (Å²) >= 11 is 0. The summed E-state index contributed by atoms with van der Waals surface area (Å²) in [4.78, 5) is 0.123. The molecule has 3 aromatic carbocycles. The van der Waals surface area contributed by atoms with Gasteiger partial charge in [0.05, 0.1) is 24.2 Å². The number of ether oxygens (including phenoxy) is 4. The van der Waals surface area contributed by atoms with Crippen molar-refractivity contribution in [2.24, 2.45) is 0 Å². The lowest BCUT2D eigenvalue weighted by molar-refractivity contribution is 0.171. The van der Waals surface area contributed by atoms with Crippen LogP contribution in [0.1, 0.15) is 0 Å². The monoisotopic (exact) mass is 441 g/mol. The molecule has 0 aliphatic carbocycles. The van der Waals surface area contributed by atoms with Crippen molar-refractivity contribution < 1.29 is 27.4 Å². The molecule has 3 aromatic rings. The number of para-hydroxylation sites is 3. The highest BCUT2D eigenvalue weighted by molar-refractivity contribution is 7.92. The van der Waals surface area contributed by atoms with Crippen molar-refractivity contribution >= 4 is 15.7 Å². The van der Waals surface area contributed by atoms with Crippen LogP contribution in [0.2, 0.25) is 0 Å². The van der Waals surface area contributed by atoms with E-state index in [1.54, 1.807) is 49.6 Å². The number of hydrogen-bond donors (Lipinski definition) is 0. The smallest absolute Gasteiger partial charge is 0.264 e. The van der Waals surface area contributed by atoms with E-state index >= 15 is 0 Å². The number of fused-ring (bicyclic) bond motifs is 1. The van der Waals surface area contributed by atoms with Crippen molar-refractivity contribution in [2.75, 3.05) is 37.8 Å². The van der Waals surface area contributed by atoms with Crippen molar-refractivity contribution in [3.8, 4) is 23.0 Å². The van der Waals surface area contributed by atoms with Gasteiger partial charge < -0.3 is 18.9 Å². The number of benzene rings is 3. The van der Waals surface area contributed by atoms with Gasteiger partial charge in [0.25, 0.3) is 10.0 Å². The van der Waals surface area contributed by atoms with Crippen molar-refractivity contribution in [1.82, 2.24) is 0 Å². The average Bonchev–Trinajstić information content (AvgIpc) is 2.82. The Morgan fingerprint density at radius 1 is 0.871 bits per heavy atom. The Kier molecular flexibility index (Phi) is 6.18. The molecule has 0 unspecified atom stereocenters. The Hall–Kier alpha value is -3.39. The predicted molar refractivity (Wildman–Crippen MR) is 117 cm³/mol. The second kappa shape index (κ2) is 9.18. The van der Waals surface area contributed by atoms with Crippen LogP contribution in [-0.2, 0) is 10.0 Å². The van der Waals surface area contributed by atoms with Crippen molar-refractivity contribution in [3.05, 3.63) is 72.8 Å². The maximum absolute atomic E-state index is 13.5. The van der Waals surface area contributed by atoms with E-state index in [1.165, 1.54) is 16.4 Å². The molecule has 0 saturated heterocycles. The molecule has 1 aliphatic heterocycles. The van der Waals surface area contributed by atoms with Crippen LogP contribution in [0.4, 0.5) is 5.69 Å². The third-order valence-corrected chi connectivity index (χ3v) is 6.59. The van der Waals surface area contributed by atoms with E-state index in [4.69, 9.17) is 18.9 Å².